The van der Waals surface area contributed by atoms with Crippen molar-refractivity contribution in [1.82, 2.24) is 19.7 Å². The van der Waals surface area contributed by atoms with Gasteiger partial charge in [0.05, 0.1) is 17.9 Å². The fourth-order valence-electron chi connectivity index (χ4n) is 3.04. The number of nitrogens with zero attached hydrogens (tertiary/aromatic N) is 4. The van der Waals surface area contributed by atoms with Gasteiger partial charge in [-0.1, -0.05) is 36.4 Å². The number of anilines is 1. The summed E-state index contributed by atoms with van der Waals surface area (Å²) in [4.78, 5) is 21.6. The number of nitrogens with one attached hydrogen (secondary N) is 1. The second kappa shape index (κ2) is 6.68. The third-order valence-corrected chi connectivity index (χ3v) is 4.70. The second-order valence-electron chi connectivity index (χ2n) is 6.33. The van der Waals surface area contributed by atoms with Crippen molar-refractivity contribution in [1.29, 1.82) is 0 Å². The lowest BCUT2D eigenvalue weighted by Crippen LogP contribution is -2.27. The average molecular weight is 363 g/mol. The third-order valence-electron chi connectivity index (χ3n) is 4.70. The van der Waals surface area contributed by atoms with E-state index in [0.717, 1.165) is 5.69 Å². The fraction of sp³-hybridized carbons (Fsp3) is 0.150. The molecule has 0 saturated carbocycles. The first-order valence-electron chi connectivity index (χ1n) is 8.57. The van der Waals surface area contributed by atoms with Crippen LogP contribution in [0.2, 0.25) is 0 Å². The van der Waals surface area contributed by atoms with E-state index in [9.17, 15) is 9.18 Å². The molecule has 0 aliphatic rings. The summed E-state index contributed by atoms with van der Waals surface area (Å²) in [7, 11) is 1.77. The first-order chi connectivity index (χ1) is 13.1. The minimum absolute atomic E-state index is 0.287. The summed E-state index contributed by atoms with van der Waals surface area (Å²) < 4.78 is 15.8. The van der Waals surface area contributed by atoms with E-state index in [0.29, 0.717) is 22.5 Å². The maximum Gasteiger partial charge on any atom is 0.263 e. The predicted octanol–water partition coefficient (Wildman–Crippen LogP) is 3.45. The fourth-order valence-corrected chi connectivity index (χ4v) is 3.04. The number of fused-ring (bicyclic) bond motifs is 1. The van der Waals surface area contributed by atoms with Gasteiger partial charge >= 0.3 is 0 Å². The van der Waals surface area contributed by atoms with Crippen LogP contribution in [0.3, 0.4) is 0 Å². The van der Waals surface area contributed by atoms with Crippen LogP contribution in [0.15, 0.2) is 65.6 Å². The zero-order chi connectivity index (χ0) is 19.0. The Kier molecular flexibility index (Phi) is 4.19. The maximum atomic E-state index is 14.2. The zero-order valence-corrected chi connectivity index (χ0v) is 14.9. The molecule has 6 nitrogen and oxygen atoms in total. The molecule has 0 bridgehead atoms. The molecule has 27 heavy (non-hydrogen) atoms. The Morgan fingerprint density at radius 2 is 1.81 bits per heavy atom. The maximum absolute atomic E-state index is 14.2. The molecule has 0 amide bonds. The summed E-state index contributed by atoms with van der Waals surface area (Å²) in [5, 5.41) is 4.70. The average Bonchev–Trinajstić information content (AvgIpc) is 3.12. The number of rotatable bonds is 4. The molecule has 0 aliphatic heterocycles. The van der Waals surface area contributed by atoms with Gasteiger partial charge in [-0.15, -0.1) is 0 Å². The second-order valence-corrected chi connectivity index (χ2v) is 6.33. The highest BCUT2D eigenvalue weighted by molar-refractivity contribution is 5.76. The molecule has 1 atom stereocenters. The van der Waals surface area contributed by atoms with Gasteiger partial charge in [-0.2, -0.15) is 10.1 Å². The minimum Gasteiger partial charge on any atom is -0.338 e. The van der Waals surface area contributed by atoms with Crippen LogP contribution in [0, 0.1) is 5.82 Å². The van der Waals surface area contributed by atoms with Gasteiger partial charge < -0.3 is 4.90 Å². The van der Waals surface area contributed by atoms with Crippen LogP contribution < -0.4 is 10.5 Å². The molecule has 1 N–H and O–H groups in total. The molecule has 136 valence electrons. The van der Waals surface area contributed by atoms with Gasteiger partial charge in [0.25, 0.3) is 5.56 Å². The van der Waals surface area contributed by atoms with Crippen LogP contribution in [-0.2, 0) is 0 Å². The van der Waals surface area contributed by atoms with Gasteiger partial charge in [-0.3, -0.25) is 9.78 Å². The minimum atomic E-state index is -0.320. The molecule has 0 fully saturated rings. The van der Waals surface area contributed by atoms with E-state index in [2.05, 4.69) is 15.1 Å². The van der Waals surface area contributed by atoms with E-state index in [1.165, 1.54) is 12.3 Å². The van der Waals surface area contributed by atoms with Gasteiger partial charge in [-0.05, 0) is 25.1 Å². The summed E-state index contributed by atoms with van der Waals surface area (Å²) in [6, 6.07) is 15.7. The van der Waals surface area contributed by atoms with Crippen LogP contribution in [0.25, 0.3) is 16.7 Å². The van der Waals surface area contributed by atoms with Crippen molar-refractivity contribution in [2.24, 2.45) is 0 Å². The summed E-state index contributed by atoms with van der Waals surface area (Å²) in [5.74, 6) is 0.0514. The van der Waals surface area contributed by atoms with Crippen molar-refractivity contribution < 1.29 is 4.39 Å². The molecule has 2 heterocycles. The van der Waals surface area contributed by atoms with Gasteiger partial charge in [0, 0.05) is 12.6 Å². The Balaban J connectivity index is 1.81. The number of benzene rings is 2. The Hall–Kier alpha value is -3.48. The largest absolute Gasteiger partial charge is 0.338 e. The van der Waals surface area contributed by atoms with Gasteiger partial charge in [0.2, 0.25) is 5.95 Å². The van der Waals surface area contributed by atoms with Crippen LogP contribution >= 0.6 is 0 Å². The summed E-state index contributed by atoms with van der Waals surface area (Å²) in [5.41, 5.74) is 1.50. The van der Waals surface area contributed by atoms with Crippen LogP contribution in [-0.4, -0.2) is 26.8 Å². The summed E-state index contributed by atoms with van der Waals surface area (Å²) >= 11 is 0. The molecule has 0 radical (unpaired) electrons. The van der Waals surface area contributed by atoms with Crippen molar-refractivity contribution in [3.8, 4) is 5.69 Å². The molecular formula is C20H18FN5O. The lowest BCUT2D eigenvalue weighted by Gasteiger charge is -2.26. The molecule has 7 heteroatoms. The number of halogens is 1. The first kappa shape index (κ1) is 17.0. The highest BCUT2D eigenvalue weighted by Gasteiger charge is 2.19. The van der Waals surface area contributed by atoms with Crippen LogP contribution in [0.4, 0.5) is 10.3 Å². The molecule has 1 unspecified atom stereocenters. The number of para-hydroxylation sites is 1. The van der Waals surface area contributed by atoms with Crippen LogP contribution in [0.1, 0.15) is 18.5 Å². The molecule has 4 aromatic rings. The molecule has 0 aliphatic carbocycles. The summed E-state index contributed by atoms with van der Waals surface area (Å²) in [6.07, 6.45) is 1.50. The monoisotopic (exact) mass is 363 g/mol. The quantitative estimate of drug-likeness (QED) is 0.603. The van der Waals surface area contributed by atoms with E-state index in [-0.39, 0.29) is 17.4 Å². The topological polar surface area (TPSA) is 66.8 Å². The number of aromatic nitrogens is 4. The lowest BCUT2D eigenvalue weighted by atomic mass is 10.1. The Bertz CT molecular complexity index is 1150. The highest BCUT2D eigenvalue weighted by Crippen LogP contribution is 2.25. The number of hydrogen-bond acceptors (Lipinski definition) is 4. The van der Waals surface area contributed by atoms with Gasteiger partial charge in [0.1, 0.15) is 11.2 Å². The van der Waals surface area contributed by atoms with E-state index < -0.39 is 0 Å². The summed E-state index contributed by atoms with van der Waals surface area (Å²) in [6.45, 7) is 1.86. The number of H-pyrrole nitrogens is 1. The standard InChI is InChI=1S/C20H18FN5O/c1-13(15-10-6-7-11-17(15)21)25(2)20-23-18-16(19(27)24-20)12-22-26(18)14-8-4-3-5-9-14/h3-13H,1-2H3,(H,23,24,27). The van der Waals surface area contributed by atoms with E-state index in [4.69, 9.17) is 0 Å². The molecule has 2 aromatic heterocycles. The van der Waals surface area contributed by atoms with E-state index >= 15 is 0 Å². The van der Waals surface area contributed by atoms with Gasteiger partial charge in [-0.25, -0.2) is 9.07 Å². The van der Waals surface area contributed by atoms with Crippen molar-refractivity contribution in [2.45, 2.75) is 13.0 Å². The third kappa shape index (κ3) is 2.97. The molecule has 0 spiro atoms. The Labute approximate surface area is 154 Å². The molecule has 0 saturated heterocycles. The first-order valence-corrected chi connectivity index (χ1v) is 8.57. The van der Waals surface area contributed by atoms with Crippen molar-refractivity contribution in [3.05, 3.63) is 82.5 Å². The highest BCUT2D eigenvalue weighted by atomic mass is 19.1. The van der Waals surface area contributed by atoms with E-state index in [1.807, 2.05) is 37.3 Å². The smallest absolute Gasteiger partial charge is 0.263 e. The zero-order valence-electron chi connectivity index (χ0n) is 14.9. The molecule has 4 rings (SSSR count). The molecule has 2 aromatic carbocycles. The SMILES string of the molecule is CC(c1ccccc1F)N(C)c1nc2c(cnn2-c2ccccc2)c(=O)[nH]1. The predicted molar refractivity (Wildman–Crippen MR) is 103 cm³/mol. The van der Waals surface area contributed by atoms with Crippen molar-refractivity contribution >= 4 is 17.0 Å². The van der Waals surface area contributed by atoms with Crippen molar-refractivity contribution in [2.75, 3.05) is 11.9 Å². The Morgan fingerprint density at radius 3 is 2.56 bits per heavy atom. The molecular weight excluding hydrogens is 345 g/mol. The van der Waals surface area contributed by atoms with Gasteiger partial charge in [0.15, 0.2) is 5.65 Å². The normalized spacial score (nSPS) is 12.3. The number of hydrogen-bond donors (Lipinski definition) is 1. The lowest BCUT2D eigenvalue weighted by molar-refractivity contribution is 0.582. The Morgan fingerprint density at radius 1 is 1.11 bits per heavy atom. The number of aromatic amines is 1. The van der Waals surface area contributed by atoms with Crippen LogP contribution in [0.5, 0.6) is 0 Å². The van der Waals surface area contributed by atoms with E-state index in [1.54, 1.807) is 34.8 Å². The van der Waals surface area contributed by atoms with Crippen molar-refractivity contribution in [3.63, 3.8) is 0 Å².